The fourth-order valence-corrected chi connectivity index (χ4v) is 2.50. The summed E-state index contributed by atoms with van der Waals surface area (Å²) in [6, 6.07) is 9.68. The number of rotatable bonds is 10. The number of hydrogen-bond donors (Lipinski definition) is 1. The van der Waals surface area contributed by atoms with Crippen LogP contribution in [0, 0.1) is 5.41 Å². The van der Waals surface area contributed by atoms with Crippen molar-refractivity contribution < 1.29 is 14.3 Å². The minimum Gasteiger partial charge on any atom is -0.494 e. The summed E-state index contributed by atoms with van der Waals surface area (Å²) in [4.78, 5) is 12.2. The van der Waals surface area contributed by atoms with Crippen LogP contribution in [-0.2, 0) is 9.53 Å². The Hall–Kier alpha value is -1.55. The fourth-order valence-electron chi connectivity index (χ4n) is 2.50. The maximum atomic E-state index is 12.2. The van der Waals surface area contributed by atoms with E-state index in [9.17, 15) is 4.79 Å². The van der Waals surface area contributed by atoms with Crippen molar-refractivity contribution in [3.63, 3.8) is 0 Å². The zero-order valence-electron chi connectivity index (χ0n) is 13.1. The molecule has 1 aromatic carbocycles. The molecular weight excluding hydrogens is 266 g/mol. The molecule has 0 heterocycles. The van der Waals surface area contributed by atoms with Crippen molar-refractivity contribution in [1.29, 1.82) is 0 Å². The summed E-state index contributed by atoms with van der Waals surface area (Å²) < 4.78 is 10.9. The van der Waals surface area contributed by atoms with E-state index in [0.29, 0.717) is 26.2 Å². The van der Waals surface area contributed by atoms with Crippen LogP contribution in [-0.4, -0.2) is 25.7 Å². The number of hydrogen-bond acceptors (Lipinski definition) is 4. The summed E-state index contributed by atoms with van der Waals surface area (Å²) >= 11 is 0. The minimum absolute atomic E-state index is 0.172. The molecular formula is C17H27NO3. The standard InChI is InChI=1S/C17H27NO3/c1-3-11-17(14-18,16(19)20-4-2)12-8-13-21-15-9-6-5-7-10-15/h5-7,9-10H,3-4,8,11-14,18H2,1-2H3. The monoisotopic (exact) mass is 293 g/mol. The van der Waals surface area contributed by atoms with Gasteiger partial charge in [0.25, 0.3) is 0 Å². The SMILES string of the molecule is CCCC(CN)(CCCOc1ccccc1)C(=O)OCC. The molecule has 0 spiro atoms. The lowest BCUT2D eigenvalue weighted by atomic mass is 9.79. The van der Waals surface area contributed by atoms with Gasteiger partial charge in [0.2, 0.25) is 0 Å². The van der Waals surface area contributed by atoms with Gasteiger partial charge in [-0.25, -0.2) is 0 Å². The van der Waals surface area contributed by atoms with E-state index in [-0.39, 0.29) is 5.97 Å². The molecule has 1 unspecified atom stereocenters. The van der Waals surface area contributed by atoms with Crippen LogP contribution in [0.25, 0.3) is 0 Å². The topological polar surface area (TPSA) is 61.5 Å². The molecule has 0 saturated heterocycles. The van der Waals surface area contributed by atoms with Crippen molar-refractivity contribution in [2.75, 3.05) is 19.8 Å². The predicted molar refractivity (Wildman–Crippen MR) is 84.2 cm³/mol. The molecule has 0 bridgehead atoms. The Labute approximate surface area is 127 Å². The summed E-state index contributed by atoms with van der Waals surface area (Å²) in [5.41, 5.74) is 5.31. The van der Waals surface area contributed by atoms with Crippen molar-refractivity contribution in [2.24, 2.45) is 11.1 Å². The van der Waals surface area contributed by atoms with Crippen LogP contribution in [0.2, 0.25) is 0 Å². The van der Waals surface area contributed by atoms with E-state index >= 15 is 0 Å². The molecule has 21 heavy (non-hydrogen) atoms. The third kappa shape index (κ3) is 5.38. The third-order valence-electron chi connectivity index (χ3n) is 3.64. The number of carbonyl (C=O) groups excluding carboxylic acids is 1. The van der Waals surface area contributed by atoms with Gasteiger partial charge in [0, 0.05) is 6.54 Å². The number of carbonyl (C=O) groups is 1. The van der Waals surface area contributed by atoms with Gasteiger partial charge in [0.15, 0.2) is 0 Å². The van der Waals surface area contributed by atoms with E-state index in [1.54, 1.807) is 0 Å². The van der Waals surface area contributed by atoms with Gasteiger partial charge < -0.3 is 15.2 Å². The number of para-hydroxylation sites is 1. The number of benzene rings is 1. The molecule has 4 nitrogen and oxygen atoms in total. The summed E-state index contributed by atoms with van der Waals surface area (Å²) in [7, 11) is 0. The van der Waals surface area contributed by atoms with E-state index in [1.807, 2.05) is 37.3 Å². The maximum absolute atomic E-state index is 12.2. The highest BCUT2D eigenvalue weighted by atomic mass is 16.5. The summed E-state index contributed by atoms with van der Waals surface area (Å²) in [5, 5.41) is 0. The van der Waals surface area contributed by atoms with Crippen LogP contribution in [0.15, 0.2) is 30.3 Å². The zero-order valence-corrected chi connectivity index (χ0v) is 13.1. The Bertz CT molecular complexity index is 408. The van der Waals surface area contributed by atoms with Gasteiger partial charge >= 0.3 is 5.97 Å². The lowest BCUT2D eigenvalue weighted by molar-refractivity contribution is -0.156. The molecule has 1 aromatic rings. The van der Waals surface area contributed by atoms with E-state index in [1.165, 1.54) is 0 Å². The van der Waals surface area contributed by atoms with Crippen molar-refractivity contribution in [3.05, 3.63) is 30.3 Å². The van der Waals surface area contributed by atoms with Crippen LogP contribution in [0.4, 0.5) is 0 Å². The first kappa shape index (κ1) is 17.5. The maximum Gasteiger partial charge on any atom is 0.313 e. The van der Waals surface area contributed by atoms with Crippen molar-refractivity contribution in [1.82, 2.24) is 0 Å². The van der Waals surface area contributed by atoms with Crippen LogP contribution in [0.3, 0.4) is 0 Å². The van der Waals surface area contributed by atoms with Gasteiger partial charge in [-0.1, -0.05) is 31.5 Å². The van der Waals surface area contributed by atoms with E-state index in [0.717, 1.165) is 25.0 Å². The molecule has 1 rings (SSSR count). The van der Waals surface area contributed by atoms with Crippen molar-refractivity contribution >= 4 is 5.97 Å². The largest absolute Gasteiger partial charge is 0.494 e. The van der Waals surface area contributed by atoms with Crippen LogP contribution < -0.4 is 10.5 Å². The Morgan fingerprint density at radius 2 is 1.90 bits per heavy atom. The Morgan fingerprint density at radius 1 is 1.19 bits per heavy atom. The summed E-state index contributed by atoms with van der Waals surface area (Å²) in [6.45, 7) is 5.18. The molecule has 0 radical (unpaired) electrons. The second-order valence-corrected chi connectivity index (χ2v) is 5.22. The first-order valence-corrected chi connectivity index (χ1v) is 7.73. The van der Waals surface area contributed by atoms with Gasteiger partial charge in [0.05, 0.1) is 18.6 Å². The van der Waals surface area contributed by atoms with E-state index in [2.05, 4.69) is 6.92 Å². The summed E-state index contributed by atoms with van der Waals surface area (Å²) in [5.74, 6) is 0.677. The Kier molecular flexibility index (Phi) is 7.83. The highest BCUT2D eigenvalue weighted by molar-refractivity contribution is 5.77. The Balaban J connectivity index is 2.51. The molecule has 0 aromatic heterocycles. The zero-order chi connectivity index (χ0) is 15.6. The lowest BCUT2D eigenvalue weighted by Gasteiger charge is -2.29. The normalized spacial score (nSPS) is 13.5. The second-order valence-electron chi connectivity index (χ2n) is 5.22. The van der Waals surface area contributed by atoms with Crippen LogP contribution >= 0.6 is 0 Å². The third-order valence-corrected chi connectivity index (χ3v) is 3.64. The summed E-state index contributed by atoms with van der Waals surface area (Å²) in [6.07, 6.45) is 3.15. The lowest BCUT2D eigenvalue weighted by Crippen LogP contribution is -2.40. The molecule has 4 heteroatoms. The Morgan fingerprint density at radius 3 is 2.48 bits per heavy atom. The molecule has 0 aliphatic heterocycles. The fraction of sp³-hybridized carbons (Fsp3) is 0.588. The average molecular weight is 293 g/mol. The number of esters is 1. The molecule has 0 aliphatic rings. The molecule has 0 aliphatic carbocycles. The average Bonchev–Trinajstić information content (AvgIpc) is 2.51. The molecule has 0 amide bonds. The highest BCUT2D eigenvalue weighted by Gasteiger charge is 2.37. The van der Waals surface area contributed by atoms with Crippen molar-refractivity contribution in [2.45, 2.75) is 39.5 Å². The van der Waals surface area contributed by atoms with Gasteiger partial charge in [-0.15, -0.1) is 0 Å². The van der Waals surface area contributed by atoms with Gasteiger partial charge in [0.1, 0.15) is 5.75 Å². The second kappa shape index (κ2) is 9.40. The van der Waals surface area contributed by atoms with Crippen LogP contribution in [0.1, 0.15) is 39.5 Å². The number of ether oxygens (including phenoxy) is 2. The van der Waals surface area contributed by atoms with Crippen molar-refractivity contribution in [3.8, 4) is 5.75 Å². The van der Waals surface area contributed by atoms with Gasteiger partial charge in [-0.2, -0.15) is 0 Å². The smallest absolute Gasteiger partial charge is 0.313 e. The number of nitrogens with two attached hydrogens (primary N) is 1. The predicted octanol–water partition coefficient (Wildman–Crippen LogP) is 3.15. The molecule has 1 atom stereocenters. The molecule has 118 valence electrons. The van der Waals surface area contributed by atoms with Gasteiger partial charge in [-0.05, 0) is 38.3 Å². The first-order valence-electron chi connectivity index (χ1n) is 7.73. The highest BCUT2D eigenvalue weighted by Crippen LogP contribution is 2.30. The molecule has 0 fully saturated rings. The first-order chi connectivity index (χ1) is 10.2. The molecule has 0 saturated carbocycles. The van der Waals surface area contributed by atoms with E-state index in [4.69, 9.17) is 15.2 Å². The quantitative estimate of drug-likeness (QED) is 0.532. The van der Waals surface area contributed by atoms with Crippen LogP contribution in [0.5, 0.6) is 5.75 Å². The molecule has 2 N–H and O–H groups in total. The minimum atomic E-state index is -0.565. The van der Waals surface area contributed by atoms with Gasteiger partial charge in [-0.3, -0.25) is 4.79 Å². The van der Waals surface area contributed by atoms with E-state index < -0.39 is 5.41 Å².